The van der Waals surface area contributed by atoms with E-state index in [1.54, 1.807) is 0 Å². The fourth-order valence-electron chi connectivity index (χ4n) is 0.597. The third kappa shape index (κ3) is 6.19. The summed E-state index contributed by atoms with van der Waals surface area (Å²) in [5.41, 5.74) is 0. The summed E-state index contributed by atoms with van der Waals surface area (Å²) in [5.74, 6) is 0.635. The molecule has 0 bridgehead atoms. The minimum Gasteiger partial charge on any atom is -0.294 e. The van der Waals surface area contributed by atoms with E-state index in [4.69, 9.17) is 4.55 Å². The Labute approximate surface area is 64.6 Å². The Morgan fingerprint density at radius 1 is 1.70 bits per heavy atom. The zero-order valence-corrected chi connectivity index (χ0v) is 7.28. The first-order valence-corrected chi connectivity index (χ1v) is 4.61. The van der Waals surface area contributed by atoms with Gasteiger partial charge < -0.3 is 0 Å². The van der Waals surface area contributed by atoms with E-state index in [1.807, 2.05) is 0 Å². The third-order valence-electron chi connectivity index (χ3n) is 1.56. The van der Waals surface area contributed by atoms with Crippen molar-refractivity contribution in [1.29, 1.82) is 0 Å². The molecule has 0 rings (SSSR count). The largest absolute Gasteiger partial charge is 0.294 e. The van der Waals surface area contributed by atoms with Crippen LogP contribution in [-0.2, 0) is 11.3 Å². The third-order valence-corrected chi connectivity index (χ3v) is 2.01. The molecule has 62 valence electrons. The number of nitrogens with one attached hydrogen (secondary N) is 1. The fourth-order valence-corrected chi connectivity index (χ4v) is 0.889. The molecule has 0 saturated heterocycles. The summed E-state index contributed by atoms with van der Waals surface area (Å²) in [5, 5.41) is 0. The molecule has 0 aromatic rings. The molecule has 0 radical (unpaired) electrons. The van der Waals surface area contributed by atoms with Crippen LogP contribution in [-0.4, -0.2) is 15.3 Å². The van der Waals surface area contributed by atoms with Gasteiger partial charge in [0.1, 0.15) is 0 Å². The van der Waals surface area contributed by atoms with Crippen LogP contribution in [0.5, 0.6) is 0 Å². The Hall–Kier alpha value is 0.0700. The lowest BCUT2D eigenvalue weighted by Gasteiger charge is -2.05. The maximum atomic E-state index is 10.1. The minimum absolute atomic E-state index is 0.623. The highest BCUT2D eigenvalue weighted by molar-refractivity contribution is 7.77. The first-order chi connectivity index (χ1) is 4.66. The second-order valence-corrected chi connectivity index (χ2v) is 3.23. The number of hydrogen-bond donors (Lipinski definition) is 2. The van der Waals surface area contributed by atoms with Gasteiger partial charge in [-0.25, -0.2) is 8.93 Å². The molecule has 0 spiro atoms. The van der Waals surface area contributed by atoms with E-state index in [1.165, 1.54) is 0 Å². The van der Waals surface area contributed by atoms with Crippen LogP contribution in [0.1, 0.15) is 26.7 Å². The van der Waals surface area contributed by atoms with Crippen molar-refractivity contribution in [3.63, 3.8) is 0 Å². The van der Waals surface area contributed by atoms with E-state index < -0.39 is 11.3 Å². The molecule has 0 fully saturated rings. The molecule has 0 saturated carbocycles. The van der Waals surface area contributed by atoms with Crippen LogP contribution in [0.15, 0.2) is 0 Å². The molecule has 2 unspecified atom stereocenters. The molecule has 0 aliphatic rings. The zero-order valence-electron chi connectivity index (χ0n) is 6.46. The molecule has 10 heavy (non-hydrogen) atoms. The molecule has 0 aromatic carbocycles. The van der Waals surface area contributed by atoms with Crippen molar-refractivity contribution in [2.75, 3.05) is 6.54 Å². The minimum atomic E-state index is -1.83. The lowest BCUT2D eigenvalue weighted by atomic mass is 10.1. The summed E-state index contributed by atoms with van der Waals surface area (Å²) < 4.78 is 20.8. The molecule has 0 heterocycles. The van der Waals surface area contributed by atoms with Gasteiger partial charge in [-0.3, -0.25) is 4.55 Å². The summed E-state index contributed by atoms with van der Waals surface area (Å²) in [7, 11) is 0. The Morgan fingerprint density at radius 3 is 2.70 bits per heavy atom. The second-order valence-electron chi connectivity index (χ2n) is 2.45. The second kappa shape index (κ2) is 5.82. The van der Waals surface area contributed by atoms with Crippen LogP contribution >= 0.6 is 0 Å². The van der Waals surface area contributed by atoms with Gasteiger partial charge in [0.15, 0.2) is 0 Å². The predicted octanol–water partition coefficient (Wildman–Crippen LogP) is 1.15. The summed E-state index contributed by atoms with van der Waals surface area (Å²) in [6.07, 6.45) is 2.09. The van der Waals surface area contributed by atoms with Crippen molar-refractivity contribution in [3.8, 4) is 0 Å². The molecule has 4 heteroatoms. The van der Waals surface area contributed by atoms with Crippen molar-refractivity contribution in [2.45, 2.75) is 26.7 Å². The van der Waals surface area contributed by atoms with E-state index in [-0.39, 0.29) is 0 Å². The summed E-state index contributed by atoms with van der Waals surface area (Å²) in [4.78, 5) is 0. The van der Waals surface area contributed by atoms with Crippen LogP contribution < -0.4 is 4.72 Å². The van der Waals surface area contributed by atoms with Crippen molar-refractivity contribution in [3.05, 3.63) is 0 Å². The normalized spacial score (nSPS) is 16.7. The SMILES string of the molecule is CCC(C)CCNS(=O)O. The first kappa shape index (κ1) is 10.1. The molecule has 0 aliphatic carbocycles. The van der Waals surface area contributed by atoms with Gasteiger partial charge in [-0.2, -0.15) is 0 Å². The topological polar surface area (TPSA) is 49.3 Å². The standard InChI is InChI=1S/C6H15NO2S/c1-3-6(2)4-5-7-10(8)9/h6-7H,3-5H2,1-2H3,(H,8,9). The highest BCUT2D eigenvalue weighted by atomic mass is 32.2. The van der Waals surface area contributed by atoms with Gasteiger partial charge in [0.2, 0.25) is 11.3 Å². The van der Waals surface area contributed by atoms with Gasteiger partial charge in [-0.1, -0.05) is 20.3 Å². The van der Waals surface area contributed by atoms with E-state index in [9.17, 15) is 4.21 Å². The molecule has 0 amide bonds. The fraction of sp³-hybridized carbons (Fsp3) is 1.00. The zero-order chi connectivity index (χ0) is 7.98. The number of hydrogen-bond acceptors (Lipinski definition) is 1. The lowest BCUT2D eigenvalue weighted by Crippen LogP contribution is -2.19. The van der Waals surface area contributed by atoms with Gasteiger partial charge in [0.25, 0.3) is 0 Å². The lowest BCUT2D eigenvalue weighted by molar-refractivity contribution is 0.499. The maximum absolute atomic E-state index is 10.1. The summed E-state index contributed by atoms with van der Waals surface area (Å²) in [6.45, 7) is 4.86. The highest BCUT2D eigenvalue weighted by Gasteiger charge is 1.98. The Bertz CT molecular complexity index is 108. The highest BCUT2D eigenvalue weighted by Crippen LogP contribution is 2.03. The van der Waals surface area contributed by atoms with Crippen LogP contribution in [0.25, 0.3) is 0 Å². The Morgan fingerprint density at radius 2 is 2.30 bits per heavy atom. The van der Waals surface area contributed by atoms with Crippen LogP contribution in [0.4, 0.5) is 0 Å². The van der Waals surface area contributed by atoms with Gasteiger partial charge in [-0.05, 0) is 12.3 Å². The molecule has 0 aliphatic heterocycles. The average Bonchev–Trinajstić information content (AvgIpc) is 1.87. The van der Waals surface area contributed by atoms with E-state index in [2.05, 4.69) is 18.6 Å². The first-order valence-electron chi connectivity index (χ1n) is 3.51. The van der Waals surface area contributed by atoms with Crippen molar-refractivity contribution in [1.82, 2.24) is 4.72 Å². The monoisotopic (exact) mass is 165 g/mol. The van der Waals surface area contributed by atoms with Crippen molar-refractivity contribution in [2.24, 2.45) is 5.92 Å². The van der Waals surface area contributed by atoms with Gasteiger partial charge in [0, 0.05) is 6.54 Å². The number of rotatable bonds is 5. The van der Waals surface area contributed by atoms with Crippen molar-refractivity contribution >= 4 is 11.3 Å². The molecule has 0 aromatic heterocycles. The molecular weight excluding hydrogens is 150 g/mol. The molecule has 2 N–H and O–H groups in total. The summed E-state index contributed by atoms with van der Waals surface area (Å²) in [6, 6.07) is 0. The summed E-state index contributed by atoms with van der Waals surface area (Å²) >= 11 is -1.83. The Balaban J connectivity index is 3.11. The van der Waals surface area contributed by atoms with E-state index >= 15 is 0 Å². The Kier molecular flexibility index (Phi) is 5.87. The van der Waals surface area contributed by atoms with E-state index in [0.717, 1.165) is 12.8 Å². The average molecular weight is 165 g/mol. The van der Waals surface area contributed by atoms with Gasteiger partial charge in [-0.15, -0.1) is 0 Å². The quantitative estimate of drug-likeness (QED) is 0.600. The predicted molar refractivity (Wildman–Crippen MR) is 42.8 cm³/mol. The molecule has 2 atom stereocenters. The van der Waals surface area contributed by atoms with Gasteiger partial charge in [0.05, 0.1) is 0 Å². The maximum Gasteiger partial charge on any atom is 0.231 e. The van der Waals surface area contributed by atoms with Crippen LogP contribution in [0.3, 0.4) is 0 Å². The van der Waals surface area contributed by atoms with E-state index in [0.29, 0.717) is 12.5 Å². The smallest absolute Gasteiger partial charge is 0.231 e. The van der Waals surface area contributed by atoms with Crippen LogP contribution in [0, 0.1) is 5.92 Å². The molecule has 3 nitrogen and oxygen atoms in total. The van der Waals surface area contributed by atoms with Crippen LogP contribution in [0.2, 0.25) is 0 Å². The molecular formula is C6H15NO2S. The van der Waals surface area contributed by atoms with Crippen molar-refractivity contribution < 1.29 is 8.76 Å². The van der Waals surface area contributed by atoms with Gasteiger partial charge >= 0.3 is 0 Å².